The van der Waals surface area contributed by atoms with Crippen LogP contribution in [0.25, 0.3) is 0 Å². The number of nitrogens with one attached hydrogen (secondary N) is 1. The second kappa shape index (κ2) is 9.15. The standard InChI is InChI=1S/C18H32N2/c1-6-20(7-2)14-16(5)19-13-18(15(3)4)17-11-9-8-10-12-17/h8-12,15-16,18-19H,6-7,13-14H2,1-5H3. The van der Waals surface area contributed by atoms with E-state index in [1.165, 1.54) is 5.56 Å². The molecule has 0 fully saturated rings. The van der Waals surface area contributed by atoms with E-state index >= 15 is 0 Å². The van der Waals surface area contributed by atoms with Crippen molar-refractivity contribution in [3.63, 3.8) is 0 Å². The van der Waals surface area contributed by atoms with Crippen LogP contribution < -0.4 is 5.32 Å². The summed E-state index contributed by atoms with van der Waals surface area (Å²) in [6.07, 6.45) is 0. The molecule has 0 bridgehead atoms. The van der Waals surface area contributed by atoms with E-state index in [-0.39, 0.29) is 0 Å². The van der Waals surface area contributed by atoms with E-state index in [4.69, 9.17) is 0 Å². The van der Waals surface area contributed by atoms with Gasteiger partial charge in [-0.15, -0.1) is 0 Å². The van der Waals surface area contributed by atoms with Gasteiger partial charge in [-0.05, 0) is 37.4 Å². The Kier molecular flexibility index (Phi) is 7.86. The molecule has 1 aromatic carbocycles. The Morgan fingerprint density at radius 2 is 1.60 bits per heavy atom. The van der Waals surface area contributed by atoms with Crippen molar-refractivity contribution >= 4 is 0 Å². The molecule has 0 saturated carbocycles. The van der Waals surface area contributed by atoms with E-state index in [0.29, 0.717) is 17.9 Å². The van der Waals surface area contributed by atoms with Crippen LogP contribution in [-0.2, 0) is 0 Å². The molecular formula is C18H32N2. The first-order valence-corrected chi connectivity index (χ1v) is 8.09. The third-order valence-corrected chi connectivity index (χ3v) is 4.15. The molecule has 1 N–H and O–H groups in total. The zero-order chi connectivity index (χ0) is 15.0. The predicted octanol–water partition coefficient (Wildman–Crippen LogP) is 3.75. The Morgan fingerprint density at radius 3 is 2.10 bits per heavy atom. The number of hydrogen-bond donors (Lipinski definition) is 1. The van der Waals surface area contributed by atoms with Crippen LogP contribution in [-0.4, -0.2) is 37.1 Å². The maximum absolute atomic E-state index is 3.72. The van der Waals surface area contributed by atoms with Gasteiger partial charge in [0.25, 0.3) is 0 Å². The molecule has 0 aliphatic heterocycles. The predicted molar refractivity (Wildman–Crippen MR) is 89.3 cm³/mol. The summed E-state index contributed by atoms with van der Waals surface area (Å²) < 4.78 is 0. The summed E-state index contributed by atoms with van der Waals surface area (Å²) in [7, 11) is 0. The van der Waals surface area contributed by atoms with Crippen molar-refractivity contribution in [3.05, 3.63) is 35.9 Å². The fourth-order valence-electron chi connectivity index (χ4n) is 2.70. The first-order chi connectivity index (χ1) is 9.58. The summed E-state index contributed by atoms with van der Waals surface area (Å²) in [4.78, 5) is 2.48. The topological polar surface area (TPSA) is 15.3 Å². The molecule has 2 heteroatoms. The maximum atomic E-state index is 3.72. The highest BCUT2D eigenvalue weighted by molar-refractivity contribution is 5.20. The zero-order valence-electron chi connectivity index (χ0n) is 13.9. The Balaban J connectivity index is 2.52. The van der Waals surface area contributed by atoms with Gasteiger partial charge >= 0.3 is 0 Å². The smallest absolute Gasteiger partial charge is 0.0166 e. The van der Waals surface area contributed by atoms with Crippen LogP contribution in [0.15, 0.2) is 30.3 Å². The number of nitrogens with zero attached hydrogens (tertiary/aromatic N) is 1. The Bertz CT molecular complexity index is 344. The lowest BCUT2D eigenvalue weighted by Gasteiger charge is -2.27. The molecule has 0 aliphatic carbocycles. The third-order valence-electron chi connectivity index (χ3n) is 4.15. The van der Waals surface area contributed by atoms with Crippen LogP contribution >= 0.6 is 0 Å². The first-order valence-electron chi connectivity index (χ1n) is 8.09. The van der Waals surface area contributed by atoms with E-state index in [2.05, 4.69) is 75.2 Å². The maximum Gasteiger partial charge on any atom is 0.0166 e. The third kappa shape index (κ3) is 5.64. The van der Waals surface area contributed by atoms with Crippen molar-refractivity contribution in [2.75, 3.05) is 26.2 Å². The van der Waals surface area contributed by atoms with Crippen molar-refractivity contribution < 1.29 is 0 Å². The monoisotopic (exact) mass is 276 g/mol. The summed E-state index contributed by atoms with van der Waals surface area (Å²) in [5, 5.41) is 3.72. The summed E-state index contributed by atoms with van der Waals surface area (Å²) in [6.45, 7) is 15.8. The van der Waals surface area contributed by atoms with Gasteiger partial charge in [0.2, 0.25) is 0 Å². The van der Waals surface area contributed by atoms with Gasteiger partial charge in [-0.25, -0.2) is 0 Å². The summed E-state index contributed by atoms with van der Waals surface area (Å²) in [6, 6.07) is 11.4. The summed E-state index contributed by atoms with van der Waals surface area (Å²) >= 11 is 0. The van der Waals surface area contributed by atoms with Gasteiger partial charge in [-0.3, -0.25) is 0 Å². The summed E-state index contributed by atoms with van der Waals surface area (Å²) in [5.74, 6) is 1.25. The van der Waals surface area contributed by atoms with E-state index in [0.717, 1.165) is 26.2 Å². The molecule has 2 atom stereocenters. The van der Waals surface area contributed by atoms with Crippen LogP contribution in [0.3, 0.4) is 0 Å². The molecule has 1 rings (SSSR count). The molecule has 114 valence electrons. The molecule has 1 aromatic rings. The van der Waals surface area contributed by atoms with Crippen LogP contribution in [0.1, 0.15) is 46.1 Å². The van der Waals surface area contributed by atoms with Gasteiger partial charge < -0.3 is 10.2 Å². The Labute approximate surface area is 125 Å². The van der Waals surface area contributed by atoms with Crippen molar-refractivity contribution in [2.24, 2.45) is 5.92 Å². The average molecular weight is 276 g/mol. The minimum absolute atomic E-state index is 0.542. The lowest BCUT2D eigenvalue weighted by atomic mass is 9.88. The van der Waals surface area contributed by atoms with Crippen molar-refractivity contribution in [1.82, 2.24) is 10.2 Å². The summed E-state index contributed by atoms with van der Waals surface area (Å²) in [5.41, 5.74) is 1.45. The van der Waals surface area contributed by atoms with Crippen molar-refractivity contribution in [1.29, 1.82) is 0 Å². The Morgan fingerprint density at radius 1 is 1.00 bits per heavy atom. The highest BCUT2D eigenvalue weighted by Crippen LogP contribution is 2.23. The highest BCUT2D eigenvalue weighted by atomic mass is 15.1. The van der Waals surface area contributed by atoms with Crippen LogP contribution in [0.2, 0.25) is 0 Å². The number of likely N-dealkylation sites (N-methyl/N-ethyl adjacent to an activating group) is 1. The highest BCUT2D eigenvalue weighted by Gasteiger charge is 2.16. The van der Waals surface area contributed by atoms with Gasteiger partial charge in [0.1, 0.15) is 0 Å². The molecule has 0 spiro atoms. The molecular weight excluding hydrogens is 244 g/mol. The molecule has 20 heavy (non-hydrogen) atoms. The molecule has 0 amide bonds. The van der Waals surface area contributed by atoms with Gasteiger partial charge in [-0.2, -0.15) is 0 Å². The van der Waals surface area contributed by atoms with Crippen LogP contribution in [0.5, 0.6) is 0 Å². The lowest BCUT2D eigenvalue weighted by Crippen LogP contribution is -2.41. The molecule has 0 aliphatic rings. The SMILES string of the molecule is CCN(CC)CC(C)NCC(c1ccccc1)C(C)C. The van der Waals surface area contributed by atoms with Crippen LogP contribution in [0, 0.1) is 5.92 Å². The minimum atomic E-state index is 0.542. The van der Waals surface area contributed by atoms with Crippen molar-refractivity contribution in [2.45, 2.75) is 46.6 Å². The average Bonchev–Trinajstić information content (AvgIpc) is 2.45. The van der Waals surface area contributed by atoms with E-state index in [1.807, 2.05) is 0 Å². The molecule has 2 unspecified atom stereocenters. The molecule has 2 nitrogen and oxygen atoms in total. The van der Waals surface area contributed by atoms with Gasteiger partial charge in [0.05, 0.1) is 0 Å². The molecule has 0 heterocycles. The van der Waals surface area contributed by atoms with E-state index < -0.39 is 0 Å². The largest absolute Gasteiger partial charge is 0.312 e. The molecule has 0 saturated heterocycles. The second-order valence-corrected chi connectivity index (χ2v) is 6.06. The zero-order valence-corrected chi connectivity index (χ0v) is 13.9. The second-order valence-electron chi connectivity index (χ2n) is 6.06. The number of rotatable bonds is 9. The fourth-order valence-corrected chi connectivity index (χ4v) is 2.70. The number of hydrogen-bond acceptors (Lipinski definition) is 2. The Hall–Kier alpha value is -0.860. The molecule has 0 radical (unpaired) electrons. The van der Waals surface area contributed by atoms with E-state index in [9.17, 15) is 0 Å². The van der Waals surface area contributed by atoms with Gasteiger partial charge in [0.15, 0.2) is 0 Å². The quantitative estimate of drug-likeness (QED) is 0.739. The van der Waals surface area contributed by atoms with Gasteiger partial charge in [0, 0.05) is 19.1 Å². The molecule has 0 aromatic heterocycles. The minimum Gasteiger partial charge on any atom is -0.312 e. The normalized spacial score (nSPS) is 14.8. The number of benzene rings is 1. The van der Waals surface area contributed by atoms with E-state index in [1.54, 1.807) is 0 Å². The van der Waals surface area contributed by atoms with Crippen molar-refractivity contribution in [3.8, 4) is 0 Å². The fraction of sp³-hybridized carbons (Fsp3) is 0.667. The van der Waals surface area contributed by atoms with Crippen LogP contribution in [0.4, 0.5) is 0 Å². The van der Waals surface area contributed by atoms with Gasteiger partial charge in [-0.1, -0.05) is 58.0 Å². The first kappa shape index (κ1) is 17.2. The lowest BCUT2D eigenvalue weighted by molar-refractivity contribution is 0.267.